The molecule has 25 heavy (non-hydrogen) atoms. The Kier molecular flexibility index (Phi) is 4.74. The van der Waals surface area contributed by atoms with Crippen LogP contribution in [0.3, 0.4) is 0 Å². The Balaban J connectivity index is 1.97. The van der Waals surface area contributed by atoms with E-state index in [0.717, 1.165) is 16.0 Å². The fourth-order valence-corrected chi connectivity index (χ4v) is 5.09. The largest absolute Gasteiger partial charge is 0.279 e. The maximum atomic E-state index is 13.0. The zero-order chi connectivity index (χ0) is 18.4. The first-order valence-corrected chi connectivity index (χ1v) is 10.5. The number of sulfonamides is 1. The molecule has 3 rings (SSSR count). The first kappa shape index (κ1) is 18.1. The molecule has 1 aromatic carbocycles. The van der Waals surface area contributed by atoms with E-state index < -0.39 is 10.0 Å². The Labute approximate surface area is 152 Å². The van der Waals surface area contributed by atoms with E-state index in [0.29, 0.717) is 10.7 Å². The number of fused-ring (bicyclic) bond motifs is 1. The van der Waals surface area contributed by atoms with Crippen LogP contribution in [0.4, 0.5) is 0 Å². The zero-order valence-corrected chi connectivity index (χ0v) is 16.8. The van der Waals surface area contributed by atoms with Crippen molar-refractivity contribution < 1.29 is 8.42 Å². The lowest BCUT2D eigenvalue weighted by atomic mass is 10.1. The average Bonchev–Trinajstić information content (AvgIpc) is 3.04. The van der Waals surface area contributed by atoms with Gasteiger partial charge in [0.2, 0.25) is 0 Å². The number of aryl methyl sites for hydroxylation is 3. The lowest BCUT2D eigenvalue weighted by Gasteiger charge is -2.11. The maximum Gasteiger partial charge on any atom is 0.258 e. The highest BCUT2D eigenvalue weighted by Gasteiger charge is 2.27. The van der Waals surface area contributed by atoms with Gasteiger partial charge in [0.05, 0.1) is 5.69 Å². The van der Waals surface area contributed by atoms with Crippen LogP contribution in [0.2, 0.25) is 0 Å². The molecule has 0 saturated heterocycles. The van der Waals surface area contributed by atoms with Gasteiger partial charge in [-0.25, -0.2) is 18.1 Å². The molecule has 2 heterocycles. The van der Waals surface area contributed by atoms with E-state index >= 15 is 0 Å². The molecule has 0 unspecified atom stereocenters. The molecule has 1 N–H and O–H groups in total. The van der Waals surface area contributed by atoms with Gasteiger partial charge < -0.3 is 0 Å². The summed E-state index contributed by atoms with van der Waals surface area (Å²) in [5.74, 6) is 0.0283. The molecule has 0 spiro atoms. The summed E-state index contributed by atoms with van der Waals surface area (Å²) in [4.78, 5) is 6.29. The standard InChI is InChI=1S/C18H23N3O2S2/c1-11(2)16-17(21-10-14(5)24-18(21)20-16)25(22,23)19-9-15-7-6-12(3)13(4)8-15/h6-8,10-11,19H,9H2,1-5H3. The molecule has 2 aromatic heterocycles. The number of nitrogens with one attached hydrogen (secondary N) is 1. The van der Waals surface area contributed by atoms with Crippen LogP contribution in [-0.2, 0) is 16.6 Å². The summed E-state index contributed by atoms with van der Waals surface area (Å²) in [6.07, 6.45) is 1.84. The van der Waals surface area contributed by atoms with E-state index in [1.807, 2.05) is 59.0 Å². The molecule has 134 valence electrons. The van der Waals surface area contributed by atoms with E-state index in [1.165, 1.54) is 16.9 Å². The Hall–Kier alpha value is -1.70. The van der Waals surface area contributed by atoms with Gasteiger partial charge in [0, 0.05) is 17.6 Å². The summed E-state index contributed by atoms with van der Waals surface area (Å²) in [7, 11) is -3.67. The van der Waals surface area contributed by atoms with Gasteiger partial charge in [-0.2, -0.15) is 0 Å². The fraction of sp³-hybridized carbons (Fsp3) is 0.389. The van der Waals surface area contributed by atoms with Crippen LogP contribution in [0.1, 0.15) is 47.0 Å². The highest BCUT2D eigenvalue weighted by molar-refractivity contribution is 7.89. The highest BCUT2D eigenvalue weighted by atomic mass is 32.2. The minimum absolute atomic E-state index is 0.0283. The van der Waals surface area contributed by atoms with Gasteiger partial charge in [-0.15, -0.1) is 11.3 Å². The van der Waals surface area contributed by atoms with E-state index in [9.17, 15) is 8.42 Å². The van der Waals surface area contributed by atoms with Crippen LogP contribution < -0.4 is 4.72 Å². The topological polar surface area (TPSA) is 63.5 Å². The van der Waals surface area contributed by atoms with Crippen molar-refractivity contribution in [3.63, 3.8) is 0 Å². The van der Waals surface area contributed by atoms with Crippen molar-refractivity contribution in [3.8, 4) is 0 Å². The van der Waals surface area contributed by atoms with Crippen molar-refractivity contribution in [2.75, 3.05) is 0 Å². The van der Waals surface area contributed by atoms with Crippen molar-refractivity contribution in [2.24, 2.45) is 0 Å². The number of rotatable bonds is 5. The second kappa shape index (κ2) is 6.55. The number of hydrogen-bond acceptors (Lipinski definition) is 4. The summed E-state index contributed by atoms with van der Waals surface area (Å²) in [6.45, 7) is 10.2. The Morgan fingerprint density at radius 2 is 1.92 bits per heavy atom. The van der Waals surface area contributed by atoms with Crippen molar-refractivity contribution >= 4 is 26.3 Å². The Bertz CT molecular complexity index is 1030. The van der Waals surface area contributed by atoms with Gasteiger partial charge in [0.15, 0.2) is 9.99 Å². The second-order valence-corrected chi connectivity index (χ2v) is 9.59. The minimum atomic E-state index is -3.67. The highest BCUT2D eigenvalue weighted by Crippen LogP contribution is 2.28. The third kappa shape index (κ3) is 3.49. The second-order valence-electron chi connectivity index (χ2n) is 6.69. The molecule has 0 saturated carbocycles. The Morgan fingerprint density at radius 1 is 1.20 bits per heavy atom. The van der Waals surface area contributed by atoms with Gasteiger partial charge in [-0.3, -0.25) is 4.40 Å². The monoisotopic (exact) mass is 377 g/mol. The molecule has 0 aliphatic rings. The molecule has 5 nitrogen and oxygen atoms in total. The van der Waals surface area contributed by atoms with Crippen LogP contribution in [0.5, 0.6) is 0 Å². The van der Waals surface area contributed by atoms with E-state index in [4.69, 9.17) is 0 Å². The molecule has 0 radical (unpaired) electrons. The van der Waals surface area contributed by atoms with Crippen LogP contribution >= 0.6 is 11.3 Å². The number of imidazole rings is 1. The molecular weight excluding hydrogens is 354 g/mol. The lowest BCUT2D eigenvalue weighted by Crippen LogP contribution is -2.25. The fourth-order valence-electron chi connectivity index (χ4n) is 2.76. The quantitative estimate of drug-likeness (QED) is 0.733. The van der Waals surface area contributed by atoms with Crippen LogP contribution in [0.15, 0.2) is 29.4 Å². The summed E-state index contributed by atoms with van der Waals surface area (Å²) in [5, 5.41) is 0.255. The van der Waals surface area contributed by atoms with Crippen molar-refractivity contribution in [1.29, 1.82) is 0 Å². The molecular formula is C18H23N3O2S2. The molecule has 3 aromatic rings. The molecule has 7 heteroatoms. The van der Waals surface area contributed by atoms with Gasteiger partial charge in [-0.05, 0) is 43.4 Å². The molecule has 0 aliphatic carbocycles. The van der Waals surface area contributed by atoms with E-state index in [1.54, 1.807) is 4.40 Å². The molecule has 0 amide bonds. The number of benzene rings is 1. The third-order valence-electron chi connectivity index (χ3n) is 4.26. The molecule has 0 aliphatic heterocycles. The third-order valence-corrected chi connectivity index (χ3v) is 6.60. The smallest absolute Gasteiger partial charge is 0.258 e. The summed E-state index contributed by atoms with van der Waals surface area (Å²) in [6, 6.07) is 5.98. The van der Waals surface area contributed by atoms with Crippen LogP contribution in [-0.4, -0.2) is 17.8 Å². The van der Waals surface area contributed by atoms with Crippen molar-refractivity contribution in [3.05, 3.63) is 51.7 Å². The number of hydrogen-bond donors (Lipinski definition) is 1. The summed E-state index contributed by atoms with van der Waals surface area (Å²) in [5.41, 5.74) is 3.90. The average molecular weight is 378 g/mol. The predicted molar refractivity (Wildman–Crippen MR) is 102 cm³/mol. The molecule has 0 fully saturated rings. The van der Waals surface area contributed by atoms with Gasteiger partial charge >= 0.3 is 0 Å². The maximum absolute atomic E-state index is 13.0. The Morgan fingerprint density at radius 3 is 2.56 bits per heavy atom. The minimum Gasteiger partial charge on any atom is -0.279 e. The predicted octanol–water partition coefficient (Wildman–Crippen LogP) is 3.92. The van der Waals surface area contributed by atoms with E-state index in [2.05, 4.69) is 9.71 Å². The first-order chi connectivity index (χ1) is 11.7. The normalized spacial score (nSPS) is 12.4. The number of thiazole rings is 1. The van der Waals surface area contributed by atoms with Crippen molar-refractivity contribution in [2.45, 2.75) is 52.1 Å². The summed E-state index contributed by atoms with van der Waals surface area (Å²) < 4.78 is 30.4. The van der Waals surface area contributed by atoms with Gasteiger partial charge in [-0.1, -0.05) is 32.0 Å². The van der Waals surface area contributed by atoms with Crippen molar-refractivity contribution in [1.82, 2.24) is 14.1 Å². The van der Waals surface area contributed by atoms with Crippen LogP contribution in [0, 0.1) is 20.8 Å². The van der Waals surface area contributed by atoms with E-state index in [-0.39, 0.29) is 17.5 Å². The summed E-state index contributed by atoms with van der Waals surface area (Å²) >= 11 is 1.50. The lowest BCUT2D eigenvalue weighted by molar-refractivity contribution is 0.573. The zero-order valence-electron chi connectivity index (χ0n) is 15.1. The molecule has 0 bridgehead atoms. The number of nitrogens with zero attached hydrogens (tertiary/aromatic N) is 2. The molecule has 0 atom stereocenters. The first-order valence-electron chi connectivity index (χ1n) is 8.23. The SMILES string of the molecule is Cc1cn2c(S(=O)(=O)NCc3ccc(C)c(C)c3)c(C(C)C)nc2s1. The van der Waals surface area contributed by atoms with Gasteiger partial charge in [0.25, 0.3) is 10.0 Å². The van der Waals surface area contributed by atoms with Gasteiger partial charge in [0.1, 0.15) is 0 Å². The van der Waals surface area contributed by atoms with Crippen LogP contribution in [0.25, 0.3) is 4.96 Å². The number of aromatic nitrogens is 2.